The van der Waals surface area contributed by atoms with E-state index in [0.717, 1.165) is 11.3 Å². The fraction of sp³-hybridized carbons (Fsp3) is 0.235. The van der Waals surface area contributed by atoms with E-state index in [1.165, 1.54) is 13.0 Å². The van der Waals surface area contributed by atoms with Crippen LogP contribution in [0.5, 0.6) is 0 Å². The van der Waals surface area contributed by atoms with E-state index in [0.29, 0.717) is 18.1 Å². The minimum absolute atomic E-state index is 0.0344. The average molecular weight is 312 g/mol. The Labute approximate surface area is 135 Å². The van der Waals surface area contributed by atoms with E-state index < -0.39 is 0 Å². The lowest BCUT2D eigenvalue weighted by atomic mass is 10.1. The van der Waals surface area contributed by atoms with Crippen molar-refractivity contribution in [1.29, 1.82) is 0 Å². The molecule has 120 valence electrons. The third-order valence-electron chi connectivity index (χ3n) is 3.40. The Kier molecular flexibility index (Phi) is 4.95. The van der Waals surface area contributed by atoms with Gasteiger partial charge in [0.15, 0.2) is 0 Å². The summed E-state index contributed by atoms with van der Waals surface area (Å²) in [5.74, 6) is 0.0969. The molecule has 0 saturated heterocycles. The van der Waals surface area contributed by atoms with E-state index in [-0.39, 0.29) is 11.8 Å². The molecule has 0 aliphatic carbocycles. The number of nitrogens with one attached hydrogen (secondary N) is 1. The van der Waals surface area contributed by atoms with Crippen molar-refractivity contribution < 1.29 is 9.59 Å². The summed E-state index contributed by atoms with van der Waals surface area (Å²) in [5.41, 5.74) is 2.16. The average Bonchev–Trinajstić information content (AvgIpc) is 2.50. The molecular formula is C17H20N4O2. The van der Waals surface area contributed by atoms with Crippen LogP contribution < -0.4 is 10.2 Å². The van der Waals surface area contributed by atoms with Crippen molar-refractivity contribution in [2.24, 2.45) is 5.10 Å². The van der Waals surface area contributed by atoms with Crippen LogP contribution in [0.2, 0.25) is 0 Å². The second-order valence-corrected chi connectivity index (χ2v) is 4.96. The molecular weight excluding hydrogens is 292 g/mol. The summed E-state index contributed by atoms with van der Waals surface area (Å²) in [5, 5.41) is 8.41. The molecule has 1 heterocycles. The van der Waals surface area contributed by atoms with Crippen LogP contribution in [0.15, 0.2) is 47.8 Å². The number of hydrogen-bond donors (Lipinski definition) is 1. The van der Waals surface area contributed by atoms with Gasteiger partial charge in [0.2, 0.25) is 5.91 Å². The zero-order valence-electron chi connectivity index (χ0n) is 13.5. The number of hydrazone groups is 1. The van der Waals surface area contributed by atoms with Gasteiger partial charge in [0, 0.05) is 37.0 Å². The molecule has 1 N–H and O–H groups in total. The first kappa shape index (κ1) is 16.5. The first-order valence-electron chi connectivity index (χ1n) is 7.36. The number of carbonyl (C=O) groups is 2. The summed E-state index contributed by atoms with van der Waals surface area (Å²) < 4.78 is 0. The lowest BCUT2D eigenvalue weighted by Crippen LogP contribution is -2.35. The monoisotopic (exact) mass is 312 g/mol. The molecule has 2 rings (SSSR count). The molecule has 1 aliphatic heterocycles. The van der Waals surface area contributed by atoms with Crippen LogP contribution in [0.25, 0.3) is 5.70 Å². The van der Waals surface area contributed by atoms with Crippen LogP contribution in [-0.4, -0.2) is 29.6 Å². The summed E-state index contributed by atoms with van der Waals surface area (Å²) in [4.78, 5) is 25.2. The third-order valence-corrected chi connectivity index (χ3v) is 3.40. The number of hydrogen-bond acceptors (Lipinski definition) is 4. The van der Waals surface area contributed by atoms with Gasteiger partial charge < -0.3 is 10.2 Å². The molecule has 0 saturated carbocycles. The van der Waals surface area contributed by atoms with E-state index >= 15 is 0 Å². The molecule has 6 heteroatoms. The molecule has 6 nitrogen and oxygen atoms in total. The van der Waals surface area contributed by atoms with E-state index in [1.54, 1.807) is 23.0 Å². The van der Waals surface area contributed by atoms with Gasteiger partial charge in [-0.25, -0.2) is 5.01 Å². The molecule has 1 aromatic rings. The lowest BCUT2D eigenvalue weighted by molar-refractivity contribution is -0.117. The fourth-order valence-electron chi connectivity index (χ4n) is 2.44. The van der Waals surface area contributed by atoms with Crippen LogP contribution >= 0.6 is 0 Å². The highest BCUT2D eigenvalue weighted by Gasteiger charge is 2.22. The van der Waals surface area contributed by atoms with Gasteiger partial charge in [0.05, 0.1) is 5.70 Å². The Morgan fingerprint density at radius 3 is 2.83 bits per heavy atom. The molecule has 0 atom stereocenters. The van der Waals surface area contributed by atoms with Crippen molar-refractivity contribution in [2.45, 2.75) is 20.8 Å². The van der Waals surface area contributed by atoms with E-state index in [4.69, 9.17) is 0 Å². The molecule has 23 heavy (non-hydrogen) atoms. The second kappa shape index (κ2) is 6.91. The first-order chi connectivity index (χ1) is 11.0. The normalized spacial score (nSPS) is 14.7. The zero-order chi connectivity index (χ0) is 17.0. The van der Waals surface area contributed by atoms with Gasteiger partial charge in [0.25, 0.3) is 5.91 Å². The number of benzene rings is 1. The van der Waals surface area contributed by atoms with E-state index in [1.807, 2.05) is 31.2 Å². The summed E-state index contributed by atoms with van der Waals surface area (Å²) in [6, 6.07) is 7.44. The predicted octanol–water partition coefficient (Wildman–Crippen LogP) is 2.31. The SMILES string of the molecule is C=C1NC(=O)C=C(c2cccc(N(CC)C(C)=O)c2)N1/N=C\C. The Hall–Kier alpha value is -2.89. The van der Waals surface area contributed by atoms with Crippen molar-refractivity contribution >= 4 is 29.4 Å². The molecule has 0 aromatic heterocycles. The van der Waals surface area contributed by atoms with Crippen LogP contribution in [-0.2, 0) is 9.59 Å². The lowest BCUT2D eigenvalue weighted by Gasteiger charge is -2.28. The molecule has 0 spiro atoms. The second-order valence-electron chi connectivity index (χ2n) is 4.96. The Bertz CT molecular complexity index is 706. The molecule has 2 amide bonds. The largest absolute Gasteiger partial charge is 0.313 e. The summed E-state index contributed by atoms with van der Waals surface area (Å²) in [6.45, 7) is 9.61. The standard InChI is InChI=1S/C17H20N4O2/c1-5-18-21-12(3)19-17(23)11-16(21)14-8-7-9-15(10-14)20(6-2)13(4)22/h5,7-11H,3,6H2,1-2,4H3,(H,19,23)/b18-5-. The minimum Gasteiger partial charge on any atom is -0.313 e. The predicted molar refractivity (Wildman–Crippen MR) is 91.4 cm³/mol. The van der Waals surface area contributed by atoms with Crippen molar-refractivity contribution in [3.05, 3.63) is 48.3 Å². The molecule has 0 radical (unpaired) electrons. The van der Waals surface area contributed by atoms with Gasteiger partial charge in [-0.3, -0.25) is 9.59 Å². The maximum Gasteiger partial charge on any atom is 0.251 e. The zero-order valence-corrected chi connectivity index (χ0v) is 13.5. The maximum atomic E-state index is 11.8. The molecule has 0 bridgehead atoms. The van der Waals surface area contributed by atoms with Crippen molar-refractivity contribution in [2.75, 3.05) is 11.4 Å². The Morgan fingerprint density at radius 1 is 1.48 bits per heavy atom. The summed E-state index contributed by atoms with van der Waals surface area (Å²) in [6.07, 6.45) is 3.08. The van der Waals surface area contributed by atoms with Crippen molar-refractivity contribution in [3.8, 4) is 0 Å². The fourth-order valence-corrected chi connectivity index (χ4v) is 2.44. The number of anilines is 1. The molecule has 1 aliphatic rings. The van der Waals surface area contributed by atoms with Gasteiger partial charge in [-0.05, 0) is 26.0 Å². The smallest absolute Gasteiger partial charge is 0.251 e. The van der Waals surface area contributed by atoms with Crippen LogP contribution in [0.4, 0.5) is 5.69 Å². The number of amides is 2. The van der Waals surface area contributed by atoms with E-state index in [9.17, 15) is 9.59 Å². The van der Waals surface area contributed by atoms with Gasteiger partial charge in [-0.1, -0.05) is 18.7 Å². The van der Waals surface area contributed by atoms with Crippen LogP contribution in [0, 0.1) is 0 Å². The topological polar surface area (TPSA) is 65.0 Å². The minimum atomic E-state index is -0.253. The molecule has 0 unspecified atom stereocenters. The van der Waals surface area contributed by atoms with Gasteiger partial charge >= 0.3 is 0 Å². The number of rotatable bonds is 4. The summed E-state index contributed by atoms with van der Waals surface area (Å²) in [7, 11) is 0. The third kappa shape index (κ3) is 3.48. The quantitative estimate of drug-likeness (QED) is 0.868. The van der Waals surface area contributed by atoms with Gasteiger partial charge in [0.1, 0.15) is 5.82 Å². The van der Waals surface area contributed by atoms with Crippen molar-refractivity contribution in [1.82, 2.24) is 10.3 Å². The summed E-state index contributed by atoms with van der Waals surface area (Å²) >= 11 is 0. The molecule has 0 fully saturated rings. The maximum absolute atomic E-state index is 11.8. The van der Waals surface area contributed by atoms with E-state index in [2.05, 4.69) is 17.0 Å². The van der Waals surface area contributed by atoms with Crippen molar-refractivity contribution in [3.63, 3.8) is 0 Å². The van der Waals surface area contributed by atoms with Crippen LogP contribution in [0.1, 0.15) is 26.3 Å². The highest BCUT2D eigenvalue weighted by atomic mass is 16.2. The molecule has 1 aromatic carbocycles. The highest BCUT2D eigenvalue weighted by molar-refractivity contribution is 5.99. The van der Waals surface area contributed by atoms with Gasteiger partial charge in [-0.15, -0.1) is 0 Å². The Balaban J connectivity index is 2.49. The first-order valence-corrected chi connectivity index (χ1v) is 7.36. The number of nitrogens with zero attached hydrogens (tertiary/aromatic N) is 3. The highest BCUT2D eigenvalue weighted by Crippen LogP contribution is 2.28. The number of carbonyl (C=O) groups excluding carboxylic acids is 2. The van der Waals surface area contributed by atoms with Crippen LogP contribution in [0.3, 0.4) is 0 Å². The van der Waals surface area contributed by atoms with Gasteiger partial charge in [-0.2, -0.15) is 5.10 Å². The Morgan fingerprint density at radius 2 is 2.22 bits per heavy atom.